The van der Waals surface area contributed by atoms with Crippen LogP contribution in [0.1, 0.15) is 32.4 Å². The molecular weight excluding hydrogens is 340 g/mol. The fourth-order valence-electron chi connectivity index (χ4n) is 1.58. The first-order valence-corrected chi connectivity index (χ1v) is 11.3. The van der Waals surface area contributed by atoms with E-state index in [4.69, 9.17) is 8.81 Å². The van der Waals surface area contributed by atoms with Gasteiger partial charge in [0.1, 0.15) is 0 Å². The first-order chi connectivity index (χ1) is 7.52. The Kier molecular flexibility index (Phi) is 8.46. The zero-order chi connectivity index (χ0) is 12.1. The summed E-state index contributed by atoms with van der Waals surface area (Å²) >= 11 is -1.88. The predicted molar refractivity (Wildman–Crippen MR) is 78.3 cm³/mol. The van der Waals surface area contributed by atoms with Gasteiger partial charge in [0.05, 0.1) is 0 Å². The van der Waals surface area contributed by atoms with E-state index in [-0.39, 0.29) is 18.4 Å². The van der Waals surface area contributed by atoms with Gasteiger partial charge in [-0.25, -0.2) is 0 Å². The smallest absolute Gasteiger partial charge is 0.147 e. The minimum absolute atomic E-state index is 0. The summed E-state index contributed by atoms with van der Waals surface area (Å²) in [7, 11) is 0. The van der Waals surface area contributed by atoms with Gasteiger partial charge in [-0.15, -0.1) is 12.4 Å². The molecule has 0 aromatic heterocycles. The fourth-order valence-corrected chi connectivity index (χ4v) is 6.69. The number of halogens is 1. The van der Waals surface area contributed by atoms with Crippen LogP contribution in [0, 0.1) is 5.92 Å². The van der Waals surface area contributed by atoms with Gasteiger partial charge in [-0.3, -0.25) is 0 Å². The topological polar surface area (TPSA) is 35.2 Å². The Labute approximate surface area is 119 Å². The van der Waals surface area contributed by atoms with Crippen molar-refractivity contribution in [2.24, 2.45) is 11.7 Å². The van der Waals surface area contributed by atoms with Crippen molar-refractivity contribution in [2.45, 2.75) is 31.8 Å². The number of benzene rings is 1. The third-order valence-electron chi connectivity index (χ3n) is 2.46. The van der Waals surface area contributed by atoms with Gasteiger partial charge in [-0.2, -0.15) is 0 Å². The third kappa shape index (κ3) is 5.60. The van der Waals surface area contributed by atoms with E-state index in [0.29, 0.717) is 5.92 Å². The van der Waals surface area contributed by atoms with Crippen LogP contribution in [-0.4, -0.2) is 26.8 Å². The summed E-state index contributed by atoms with van der Waals surface area (Å²) in [6, 6.07) is 8.57. The van der Waals surface area contributed by atoms with Crippen LogP contribution in [0.2, 0.25) is 4.94 Å². The van der Waals surface area contributed by atoms with Gasteiger partial charge in [-0.05, 0) is 0 Å². The Balaban J connectivity index is 0.00000256. The van der Waals surface area contributed by atoms with E-state index in [9.17, 15) is 0 Å². The van der Waals surface area contributed by atoms with E-state index in [2.05, 4.69) is 43.1 Å². The van der Waals surface area contributed by atoms with Crippen LogP contribution in [0.15, 0.2) is 24.3 Å². The molecule has 1 radical (unpaired) electrons. The summed E-state index contributed by atoms with van der Waals surface area (Å²) in [5.41, 5.74) is 7.25. The molecule has 4 heteroatoms. The van der Waals surface area contributed by atoms with Gasteiger partial charge in [0.2, 0.25) is 0 Å². The van der Waals surface area contributed by atoms with E-state index < -0.39 is 20.2 Å². The minimum atomic E-state index is -1.88. The molecule has 0 aliphatic carbocycles. The number of rotatable bonds is 5. The monoisotopic (exact) mass is 364 g/mol. The summed E-state index contributed by atoms with van der Waals surface area (Å²) in [5.74, 6) is 0.609. The van der Waals surface area contributed by atoms with E-state index in [1.807, 2.05) is 6.92 Å². The van der Waals surface area contributed by atoms with Crippen LogP contribution in [0.3, 0.4) is 0 Å². The molecule has 0 fully saturated rings. The van der Waals surface area contributed by atoms with Crippen molar-refractivity contribution < 1.29 is 3.07 Å². The molecular formula is C13H23ClNOSn. The largest absolute Gasteiger partial charge is 0.147 e. The number of hydrogen-bond acceptors (Lipinski definition) is 2. The average Bonchev–Trinajstić information content (AvgIpc) is 2.25. The molecule has 0 bridgehead atoms. The minimum Gasteiger partial charge on any atom is -0.147 e. The van der Waals surface area contributed by atoms with Gasteiger partial charge in [-0.1, -0.05) is 0 Å². The van der Waals surface area contributed by atoms with Crippen LogP contribution in [0.5, 0.6) is 0 Å². The van der Waals surface area contributed by atoms with Crippen LogP contribution < -0.4 is 9.31 Å². The Hall–Kier alpha value is 0.229. The molecule has 0 aliphatic heterocycles. The van der Waals surface area contributed by atoms with Crippen LogP contribution in [-0.2, 0) is 3.07 Å². The van der Waals surface area contributed by atoms with Crippen molar-refractivity contribution in [3.05, 3.63) is 29.8 Å². The van der Waals surface area contributed by atoms with Crippen molar-refractivity contribution in [1.82, 2.24) is 0 Å². The first kappa shape index (κ1) is 17.2. The summed E-state index contributed by atoms with van der Waals surface area (Å²) < 4.78 is 7.42. The normalized spacial score (nSPS) is 12.6. The number of hydrogen-bond donors (Lipinski definition) is 1. The summed E-state index contributed by atoms with van der Waals surface area (Å²) in [5, 5.41) is 0. The molecule has 1 aromatic carbocycles. The zero-order valence-electron chi connectivity index (χ0n) is 11.1. The maximum Gasteiger partial charge on any atom is -0.147 e. The van der Waals surface area contributed by atoms with E-state index in [0.717, 1.165) is 6.61 Å². The molecule has 2 N–H and O–H groups in total. The van der Waals surface area contributed by atoms with Gasteiger partial charge < -0.3 is 0 Å². The summed E-state index contributed by atoms with van der Waals surface area (Å²) in [6.45, 7) is 7.29. The zero-order valence-corrected chi connectivity index (χ0v) is 14.7. The standard InChI is InChI=1S/C8H10N.C4H9O.CH3.ClH.Sn/c1-7(9)8-5-3-2-4-6-8;1-4(2)3-5;;;/h2-5,7H,9H2,1H3;4H,3H2,1-2H3;1H3;1H;/q;-1;;;+1. The van der Waals surface area contributed by atoms with Gasteiger partial charge in [0.15, 0.2) is 0 Å². The molecule has 1 aromatic rings. The second kappa shape index (κ2) is 8.35. The second-order valence-corrected chi connectivity index (χ2v) is 10.2. The van der Waals surface area contributed by atoms with Gasteiger partial charge in [0, 0.05) is 0 Å². The quantitative estimate of drug-likeness (QED) is 0.817. The number of nitrogens with two attached hydrogens (primary N) is 1. The average molecular weight is 363 g/mol. The molecule has 1 rings (SSSR count). The van der Waals surface area contributed by atoms with Crippen molar-refractivity contribution in [3.8, 4) is 0 Å². The van der Waals surface area contributed by atoms with E-state index in [1.165, 1.54) is 9.14 Å². The Bertz CT molecular complexity index is 331. The Morgan fingerprint density at radius 3 is 2.35 bits per heavy atom. The maximum absolute atomic E-state index is 6.02. The maximum atomic E-state index is 6.02. The summed E-state index contributed by atoms with van der Waals surface area (Å²) in [4.78, 5) is 2.28. The summed E-state index contributed by atoms with van der Waals surface area (Å²) in [6.07, 6.45) is 0. The molecule has 1 atom stereocenters. The predicted octanol–water partition coefficient (Wildman–Crippen LogP) is 2.63. The van der Waals surface area contributed by atoms with Crippen LogP contribution in [0.25, 0.3) is 0 Å². The molecule has 97 valence electrons. The van der Waals surface area contributed by atoms with Gasteiger partial charge >= 0.3 is 107 Å². The first-order valence-electron chi connectivity index (χ1n) is 5.83. The molecule has 0 saturated heterocycles. The fraction of sp³-hybridized carbons (Fsp3) is 0.538. The second-order valence-electron chi connectivity index (χ2n) is 4.64. The molecule has 0 spiro atoms. The van der Waals surface area contributed by atoms with Crippen molar-refractivity contribution in [2.75, 3.05) is 6.61 Å². The van der Waals surface area contributed by atoms with Crippen molar-refractivity contribution in [1.29, 1.82) is 0 Å². The third-order valence-corrected chi connectivity index (χ3v) is 7.64. The molecule has 0 aliphatic rings. The van der Waals surface area contributed by atoms with Crippen LogP contribution >= 0.6 is 12.4 Å². The van der Waals surface area contributed by atoms with E-state index in [1.54, 1.807) is 0 Å². The van der Waals surface area contributed by atoms with Gasteiger partial charge in [0.25, 0.3) is 0 Å². The van der Waals surface area contributed by atoms with Crippen LogP contribution in [0.4, 0.5) is 0 Å². The molecule has 0 heterocycles. The van der Waals surface area contributed by atoms with Crippen molar-refractivity contribution in [3.63, 3.8) is 0 Å². The Morgan fingerprint density at radius 1 is 1.24 bits per heavy atom. The molecule has 17 heavy (non-hydrogen) atoms. The van der Waals surface area contributed by atoms with E-state index >= 15 is 0 Å². The Morgan fingerprint density at radius 2 is 1.82 bits per heavy atom. The molecule has 2 nitrogen and oxygen atoms in total. The molecule has 0 saturated carbocycles. The molecule has 1 unspecified atom stereocenters. The van der Waals surface area contributed by atoms with Crippen molar-refractivity contribution >= 4 is 36.2 Å². The molecule has 0 amide bonds. The SMILES string of the molecule is CC(C)C[O][Sn]([CH3])[c]1ccccc1C(C)N.Cl.